The zero-order valence-corrected chi connectivity index (χ0v) is 19.8. The van der Waals surface area contributed by atoms with E-state index < -0.39 is 0 Å². The van der Waals surface area contributed by atoms with Crippen molar-refractivity contribution in [3.63, 3.8) is 0 Å². The number of hydrogen-bond acceptors (Lipinski definition) is 4. The molecule has 5 nitrogen and oxygen atoms in total. The molecule has 1 N–H and O–H groups in total. The van der Waals surface area contributed by atoms with Crippen molar-refractivity contribution >= 4 is 61.3 Å². The Bertz CT molecular complexity index is 1630. The number of aryl methyl sites for hydroxylation is 1. The summed E-state index contributed by atoms with van der Waals surface area (Å²) in [6, 6.07) is 27.9. The summed E-state index contributed by atoms with van der Waals surface area (Å²) in [7, 11) is 1.93. The number of amides is 1. The van der Waals surface area contributed by atoms with Crippen LogP contribution in [0.1, 0.15) is 26.3 Å². The molecule has 0 unspecified atom stereocenters. The number of aromatic nitrogens is 1. The highest BCUT2D eigenvalue weighted by molar-refractivity contribution is 7.80. The molecular formula is C27H19N3O2S2. The van der Waals surface area contributed by atoms with Crippen LogP contribution in [0.3, 0.4) is 0 Å². The van der Waals surface area contributed by atoms with Crippen molar-refractivity contribution in [1.29, 1.82) is 0 Å². The van der Waals surface area contributed by atoms with Gasteiger partial charge in [0.05, 0.1) is 10.2 Å². The quantitative estimate of drug-likeness (QED) is 0.283. The first-order chi connectivity index (χ1) is 16.5. The minimum atomic E-state index is -0.373. The molecule has 0 saturated carbocycles. The van der Waals surface area contributed by atoms with Crippen LogP contribution in [-0.4, -0.2) is 21.4 Å². The maximum Gasteiger partial charge on any atom is 0.257 e. The number of carbonyl (C=O) groups excluding carboxylic acids is 2. The van der Waals surface area contributed by atoms with Crippen molar-refractivity contribution in [2.45, 2.75) is 0 Å². The molecule has 1 heterocycles. The fourth-order valence-electron chi connectivity index (χ4n) is 3.78. The number of thiocarbonyl (C=S) groups is 1. The summed E-state index contributed by atoms with van der Waals surface area (Å²) in [6.07, 6.45) is 0. The summed E-state index contributed by atoms with van der Waals surface area (Å²) >= 11 is 6.87. The van der Waals surface area contributed by atoms with E-state index in [1.165, 1.54) is 11.3 Å². The molecule has 1 amide bonds. The van der Waals surface area contributed by atoms with Gasteiger partial charge in [-0.3, -0.25) is 14.9 Å². The number of nitrogens with one attached hydrogen (secondary N) is 1. The van der Waals surface area contributed by atoms with Crippen LogP contribution in [0.4, 0.5) is 0 Å². The molecular weight excluding hydrogens is 462 g/mol. The summed E-state index contributed by atoms with van der Waals surface area (Å²) in [5.74, 6) is -0.468. The minimum Gasteiger partial charge on any atom is -0.319 e. The van der Waals surface area contributed by atoms with E-state index in [2.05, 4.69) is 34.6 Å². The summed E-state index contributed by atoms with van der Waals surface area (Å²) in [4.78, 5) is 30.4. The highest BCUT2D eigenvalue weighted by atomic mass is 32.1. The molecule has 0 aliphatic heterocycles. The van der Waals surface area contributed by atoms with Crippen molar-refractivity contribution in [1.82, 2.24) is 9.88 Å². The summed E-state index contributed by atoms with van der Waals surface area (Å²) in [5.41, 5.74) is 2.56. The highest BCUT2D eigenvalue weighted by Gasteiger charge is 2.12. The molecule has 166 valence electrons. The van der Waals surface area contributed by atoms with Crippen molar-refractivity contribution in [3.8, 4) is 0 Å². The van der Waals surface area contributed by atoms with Crippen LogP contribution in [-0.2, 0) is 7.05 Å². The van der Waals surface area contributed by atoms with Gasteiger partial charge in [0.2, 0.25) is 5.11 Å². The van der Waals surface area contributed by atoms with Gasteiger partial charge >= 0.3 is 0 Å². The molecule has 4 aromatic carbocycles. The third-order valence-electron chi connectivity index (χ3n) is 5.56. The Morgan fingerprint density at radius 1 is 0.824 bits per heavy atom. The summed E-state index contributed by atoms with van der Waals surface area (Å²) in [5, 5.41) is 5.07. The average Bonchev–Trinajstić information content (AvgIpc) is 3.19. The predicted molar refractivity (Wildman–Crippen MR) is 140 cm³/mol. The van der Waals surface area contributed by atoms with Crippen LogP contribution in [0.2, 0.25) is 0 Å². The Hall–Kier alpha value is -3.94. The monoisotopic (exact) mass is 481 g/mol. The van der Waals surface area contributed by atoms with E-state index in [9.17, 15) is 9.59 Å². The number of hydrogen-bond donors (Lipinski definition) is 1. The molecule has 0 aliphatic carbocycles. The molecule has 0 radical (unpaired) electrons. The molecule has 0 atom stereocenters. The zero-order valence-electron chi connectivity index (χ0n) is 18.2. The fourth-order valence-corrected chi connectivity index (χ4v) is 5.17. The predicted octanol–water partition coefficient (Wildman–Crippen LogP) is 5.24. The first-order valence-corrected chi connectivity index (χ1v) is 11.8. The fraction of sp³-hybridized carbons (Fsp3) is 0.0370. The van der Waals surface area contributed by atoms with Crippen LogP contribution in [0.25, 0.3) is 21.0 Å². The molecule has 0 aliphatic rings. The van der Waals surface area contributed by atoms with E-state index in [4.69, 9.17) is 12.2 Å². The zero-order chi connectivity index (χ0) is 23.7. The largest absolute Gasteiger partial charge is 0.319 e. The summed E-state index contributed by atoms with van der Waals surface area (Å²) in [6.45, 7) is 0. The van der Waals surface area contributed by atoms with Gasteiger partial charge in [-0.2, -0.15) is 4.99 Å². The molecule has 1 aromatic heterocycles. The molecule has 34 heavy (non-hydrogen) atoms. The molecule has 5 rings (SSSR count). The number of carbonyl (C=O) groups is 2. The SMILES string of the molecule is Cn1c(=NC(=S)NC(=O)c2ccc(C(=O)c3ccccc3)cc2)sc2c3ccccc3ccc21. The van der Waals surface area contributed by atoms with Gasteiger partial charge in [-0.15, -0.1) is 0 Å². The summed E-state index contributed by atoms with van der Waals surface area (Å²) < 4.78 is 3.08. The minimum absolute atomic E-state index is 0.0842. The molecule has 7 heteroatoms. The van der Waals surface area contributed by atoms with Gasteiger partial charge in [0, 0.05) is 29.1 Å². The molecule has 0 bridgehead atoms. The van der Waals surface area contributed by atoms with E-state index in [0.717, 1.165) is 21.0 Å². The van der Waals surface area contributed by atoms with Crippen LogP contribution >= 0.6 is 23.6 Å². The van der Waals surface area contributed by atoms with Gasteiger partial charge in [0.25, 0.3) is 5.91 Å². The van der Waals surface area contributed by atoms with Crippen molar-refractivity contribution in [2.75, 3.05) is 0 Å². The van der Waals surface area contributed by atoms with Gasteiger partial charge in [0.15, 0.2) is 10.6 Å². The van der Waals surface area contributed by atoms with E-state index in [1.807, 2.05) is 41.9 Å². The van der Waals surface area contributed by atoms with Crippen LogP contribution < -0.4 is 10.1 Å². The Balaban J connectivity index is 1.36. The van der Waals surface area contributed by atoms with Crippen LogP contribution in [0, 0.1) is 0 Å². The number of ketones is 1. The lowest BCUT2D eigenvalue weighted by atomic mass is 10.0. The second kappa shape index (κ2) is 9.13. The standard InChI is InChI=1S/C27H19N3O2S2/c1-30-22-16-15-17-7-5-6-10-21(17)24(22)34-27(30)29-26(33)28-25(32)20-13-11-19(12-14-20)23(31)18-8-3-2-4-9-18/h2-16H,1H3,(H,28,32,33). The first-order valence-electron chi connectivity index (χ1n) is 10.6. The van der Waals surface area contributed by atoms with Gasteiger partial charge in [-0.1, -0.05) is 84.1 Å². The first kappa shape index (κ1) is 21.9. The molecule has 0 saturated heterocycles. The Labute approximate surface area is 205 Å². The van der Waals surface area contributed by atoms with E-state index in [1.54, 1.807) is 36.4 Å². The highest BCUT2D eigenvalue weighted by Crippen LogP contribution is 2.27. The van der Waals surface area contributed by atoms with Gasteiger partial charge < -0.3 is 4.57 Å². The number of benzene rings is 4. The van der Waals surface area contributed by atoms with Crippen molar-refractivity contribution in [2.24, 2.45) is 12.0 Å². The molecule has 0 fully saturated rings. The Kier molecular flexibility index (Phi) is 5.88. The van der Waals surface area contributed by atoms with Gasteiger partial charge in [-0.05, 0) is 35.8 Å². The number of nitrogens with zero attached hydrogens (tertiary/aromatic N) is 2. The van der Waals surface area contributed by atoms with E-state index in [0.29, 0.717) is 21.5 Å². The Morgan fingerprint density at radius 3 is 2.24 bits per heavy atom. The maximum atomic E-state index is 12.7. The lowest BCUT2D eigenvalue weighted by molar-refractivity contribution is 0.0975. The molecule has 5 aromatic rings. The van der Waals surface area contributed by atoms with E-state index in [-0.39, 0.29) is 16.8 Å². The third-order valence-corrected chi connectivity index (χ3v) is 6.94. The topological polar surface area (TPSA) is 63.5 Å². The number of rotatable bonds is 3. The normalized spacial score (nSPS) is 11.6. The van der Waals surface area contributed by atoms with Crippen LogP contribution in [0.5, 0.6) is 0 Å². The molecule has 0 spiro atoms. The lowest BCUT2D eigenvalue weighted by Gasteiger charge is -2.05. The average molecular weight is 482 g/mol. The Morgan fingerprint density at radius 2 is 1.47 bits per heavy atom. The van der Waals surface area contributed by atoms with Gasteiger partial charge in [0.1, 0.15) is 0 Å². The maximum absolute atomic E-state index is 12.7. The second-order valence-corrected chi connectivity index (χ2v) is 9.09. The van der Waals surface area contributed by atoms with Crippen LogP contribution in [0.15, 0.2) is 96.0 Å². The second-order valence-electron chi connectivity index (χ2n) is 7.72. The van der Waals surface area contributed by atoms with E-state index >= 15 is 0 Å². The number of fused-ring (bicyclic) bond motifs is 3. The third kappa shape index (κ3) is 4.19. The lowest BCUT2D eigenvalue weighted by Crippen LogP contribution is -2.29. The van der Waals surface area contributed by atoms with Crippen molar-refractivity contribution < 1.29 is 9.59 Å². The van der Waals surface area contributed by atoms with Crippen molar-refractivity contribution in [3.05, 3.63) is 112 Å². The smallest absolute Gasteiger partial charge is 0.257 e. The van der Waals surface area contributed by atoms with Gasteiger partial charge in [-0.25, -0.2) is 0 Å². The number of thiazole rings is 1.